The van der Waals surface area contributed by atoms with E-state index in [2.05, 4.69) is 179 Å². The fourth-order valence-corrected chi connectivity index (χ4v) is 20.7. The summed E-state index contributed by atoms with van der Waals surface area (Å²) in [6.07, 6.45) is 53.9. The molecule has 0 heterocycles. The molecule has 0 aromatic heterocycles. The molecule has 33 heteroatoms. The summed E-state index contributed by atoms with van der Waals surface area (Å²) in [7, 11) is 0. The molecule has 0 spiro atoms. The predicted octanol–water partition coefficient (Wildman–Crippen LogP) is 29.9. The Balaban J connectivity index is -0.000000226. The summed E-state index contributed by atoms with van der Waals surface area (Å²) in [5.41, 5.74) is 0. The van der Waals surface area contributed by atoms with Crippen LogP contribution in [0.3, 0.4) is 0 Å². The van der Waals surface area contributed by atoms with Gasteiger partial charge in [-0.05, 0) is 148 Å². The Morgan fingerprint density at radius 3 is 0.271 bits per heavy atom. The third kappa shape index (κ3) is 102. The van der Waals surface area contributed by atoms with E-state index in [1.165, 1.54) is 154 Å². The van der Waals surface area contributed by atoms with Gasteiger partial charge in [-0.1, -0.05) is 468 Å². The van der Waals surface area contributed by atoms with Gasteiger partial charge in [0.15, 0.2) is 12.5 Å². The van der Waals surface area contributed by atoms with Crippen LogP contribution < -0.4 is 29.4 Å². The minimum atomic E-state index is -3.31. The zero-order valence-corrected chi connectivity index (χ0v) is 100. The summed E-state index contributed by atoms with van der Waals surface area (Å²) < 4.78 is 73.0. The first-order valence-corrected chi connectivity index (χ1v) is 67.3. The third-order valence-electron chi connectivity index (χ3n) is 24.1. The number of hydrogen-bond acceptors (Lipinski definition) is 26. The molecular formula is C96H204MoO19P6S7. The molecule has 0 amide bonds. The second-order valence-electron chi connectivity index (χ2n) is 35.2. The predicted molar refractivity (Wildman–Crippen MR) is 565 cm³/mol. The van der Waals surface area contributed by atoms with Crippen LogP contribution in [0.15, 0.2) is 0 Å². The fraction of sp³-hybridized carbons (Fsp3) is 1.00. The number of hydrogen-bond donors (Lipinski definition) is 0. The molecule has 129 heavy (non-hydrogen) atoms. The van der Waals surface area contributed by atoms with Crippen molar-refractivity contribution in [2.45, 2.75) is 474 Å². The van der Waals surface area contributed by atoms with Gasteiger partial charge in [0.1, 0.15) is 40.3 Å². The summed E-state index contributed by atoms with van der Waals surface area (Å²) in [4.78, 5) is 73.0. The minimum Gasteiger partial charge on any atom is -0.780 e. The molecule has 12 unspecified atom stereocenters. The van der Waals surface area contributed by atoms with E-state index in [9.17, 15) is 29.4 Å². The molecule has 0 radical (unpaired) electrons. The van der Waals surface area contributed by atoms with Gasteiger partial charge in [0.05, 0.1) is 79.3 Å². The Kier molecular flexibility index (Phi) is 119. The molecule has 780 valence electrons. The van der Waals surface area contributed by atoms with Crippen molar-refractivity contribution in [2.75, 3.05) is 79.3 Å². The van der Waals surface area contributed by atoms with Gasteiger partial charge in [-0.3, -0.25) is 0 Å². The molecule has 0 aromatic rings. The van der Waals surface area contributed by atoms with E-state index < -0.39 is 40.3 Å². The first kappa shape index (κ1) is 148. The molecule has 0 bridgehead atoms. The van der Waals surface area contributed by atoms with E-state index in [1.807, 2.05) is 0 Å². The average molecular weight is 2170 g/mol. The van der Waals surface area contributed by atoms with Crippen LogP contribution in [-0.2, 0) is 159 Å². The molecule has 19 nitrogen and oxygen atoms in total. The molecule has 0 saturated heterocycles. The van der Waals surface area contributed by atoms with Gasteiger partial charge in [0, 0.05) is 0 Å². The van der Waals surface area contributed by atoms with Crippen LogP contribution in [0.2, 0.25) is 0 Å². The van der Waals surface area contributed by atoms with E-state index in [1.54, 1.807) is 0 Å². The Morgan fingerprint density at radius 2 is 0.225 bits per heavy atom. The van der Waals surface area contributed by atoms with Crippen LogP contribution in [0.4, 0.5) is 0 Å². The molecule has 0 aliphatic rings. The Bertz CT molecular complexity index is 2040. The van der Waals surface area contributed by atoms with Crippen molar-refractivity contribution < 1.29 is 109 Å². The van der Waals surface area contributed by atoms with Crippen molar-refractivity contribution in [2.24, 2.45) is 71.0 Å². The Hall–Kier alpha value is 3.89. The smallest absolute Gasteiger partial charge is 0.780 e. The van der Waals surface area contributed by atoms with Crippen LogP contribution in [0.1, 0.15) is 474 Å². The Labute approximate surface area is 850 Å². The molecule has 0 aromatic carbocycles. The molecule has 0 saturated carbocycles. The van der Waals surface area contributed by atoms with Crippen molar-refractivity contribution >= 4 is 124 Å². The summed E-state index contributed by atoms with van der Waals surface area (Å²) in [6.45, 7) is 37.4. The zero-order chi connectivity index (χ0) is 98.8. The number of unbranched alkanes of at least 4 members (excludes halogenated alkanes) is 12. The quantitative estimate of drug-likeness (QED) is 0.0404. The summed E-state index contributed by atoms with van der Waals surface area (Å²) >= 11 is 32.9. The number of rotatable bonds is 84. The zero-order valence-electron chi connectivity index (χ0n) is 87.1. The maximum atomic E-state index is 12.2. The van der Waals surface area contributed by atoms with E-state index in [0.29, 0.717) is 150 Å². The van der Waals surface area contributed by atoms with Crippen molar-refractivity contribution in [3.63, 3.8) is 0 Å². The molecule has 0 fully saturated rings. The van der Waals surface area contributed by atoms with Gasteiger partial charge < -0.3 is 83.6 Å². The second kappa shape index (κ2) is 103. The van der Waals surface area contributed by atoms with Gasteiger partial charge in [-0.2, -0.15) is 4.21 Å². The van der Waals surface area contributed by atoms with Gasteiger partial charge in [0.2, 0.25) is 0 Å². The largest absolute Gasteiger partial charge is 6.00 e. The van der Waals surface area contributed by atoms with Crippen molar-refractivity contribution in [1.82, 2.24) is 0 Å². The first-order valence-electron chi connectivity index (χ1n) is 51.7. The molecular weight excluding hydrogens is 1960 g/mol. The van der Waals surface area contributed by atoms with Crippen molar-refractivity contribution in [3.8, 4) is 0 Å². The molecule has 0 rings (SSSR count). The maximum Gasteiger partial charge on any atom is 6.00 e. The van der Waals surface area contributed by atoms with Gasteiger partial charge in [-0.25, -0.2) is 0 Å². The molecule has 0 aliphatic heterocycles. The normalized spacial score (nSPS) is 17.0. The van der Waals surface area contributed by atoms with Crippen LogP contribution >= 0.6 is 40.3 Å². The van der Waals surface area contributed by atoms with Crippen LogP contribution in [0, 0.1) is 71.0 Å². The molecule has 0 N–H and O–H groups in total. The van der Waals surface area contributed by atoms with Crippen LogP contribution in [0.5, 0.6) is 0 Å². The standard InChI is InChI=1S/6C16H35O3PS.Mo.OS/c6*1-5-9-11-15(7-3)13-18-20(17,21)19-14-16(8-4)12-10-6-2;;1-2/h6*15-16H,5-14H2,1-4H3,(H,17,21);;/q;;;;;;+6;/p-6. The van der Waals surface area contributed by atoms with Crippen LogP contribution in [-0.4, -0.2) is 83.5 Å². The van der Waals surface area contributed by atoms with Crippen LogP contribution in [0.25, 0.3) is 0 Å². The third-order valence-corrected chi connectivity index (χ3v) is 33.5. The van der Waals surface area contributed by atoms with E-state index in [-0.39, 0.29) is 21.1 Å². The molecule has 0 aliphatic carbocycles. The van der Waals surface area contributed by atoms with Gasteiger partial charge in [-0.15, -0.1) is 0 Å². The average Bonchev–Trinajstić information content (AvgIpc) is 0.936. The van der Waals surface area contributed by atoms with E-state index in [0.717, 1.165) is 154 Å². The van der Waals surface area contributed by atoms with E-state index >= 15 is 0 Å². The fourth-order valence-electron chi connectivity index (χ4n) is 13.4. The second-order valence-corrected chi connectivity index (χ2v) is 51.7. The van der Waals surface area contributed by atoms with Crippen molar-refractivity contribution in [1.29, 1.82) is 0 Å². The summed E-state index contributed by atoms with van der Waals surface area (Å²) in [5, 5.41) is 0. The van der Waals surface area contributed by atoms with Crippen molar-refractivity contribution in [3.05, 3.63) is 0 Å². The van der Waals surface area contributed by atoms with E-state index in [4.69, 9.17) is 129 Å². The minimum absolute atomic E-state index is 0. The summed E-state index contributed by atoms with van der Waals surface area (Å²) in [5.74, 6) is 5.24. The molecule has 12 atom stereocenters. The SMILES string of the molecule is CCCCC(CC)COP([O-])(=S)OCC(CC)CCCC.CCCCC(CC)COP([O-])(=S)OCC(CC)CCCC.CCCCC(CC)COP([O-])(=S)OCC(CC)CCCC.CCCCC(CC)COP([O-])(=S)OCC(CC)CCCC.CCCCC(CC)COP([O-])(=S)OCC(CC)CCCC.CCCCC(CC)COP([O-])(=S)OCC(CC)CCCC.O=S.[Mo+6]. The van der Waals surface area contributed by atoms with Gasteiger partial charge >= 0.3 is 21.1 Å². The topological polar surface area (TPSA) is 266 Å². The Morgan fingerprint density at radius 1 is 0.163 bits per heavy atom. The first-order chi connectivity index (χ1) is 60.9. The maximum absolute atomic E-state index is 12.2. The monoisotopic (exact) mass is 2170 g/mol. The van der Waals surface area contributed by atoms with Gasteiger partial charge in [0.25, 0.3) is 0 Å². The summed E-state index contributed by atoms with van der Waals surface area (Å²) in [6, 6.07) is 0.